The number of anilines is 1. The number of fused-ring (bicyclic) bond motifs is 3. The zero-order valence-corrected chi connectivity index (χ0v) is 14.5. The molecule has 2 aromatic rings. The van der Waals surface area contributed by atoms with Gasteiger partial charge in [0.05, 0.1) is 6.04 Å². The fourth-order valence-electron chi connectivity index (χ4n) is 3.93. The molecule has 2 aliphatic rings. The summed E-state index contributed by atoms with van der Waals surface area (Å²) in [5.74, 6) is 0.875. The summed E-state index contributed by atoms with van der Waals surface area (Å²) in [4.78, 5) is 0. The highest BCUT2D eigenvalue weighted by molar-refractivity contribution is 6.35. The van der Waals surface area contributed by atoms with E-state index in [1.54, 1.807) is 0 Å². The number of hydrogen-bond acceptors (Lipinski definition) is 1. The topological polar surface area (TPSA) is 12.0 Å². The molecule has 1 aliphatic heterocycles. The third-order valence-corrected chi connectivity index (χ3v) is 5.66. The minimum Gasteiger partial charge on any atom is -0.378 e. The molecule has 0 radical (unpaired) electrons. The van der Waals surface area contributed by atoms with E-state index in [9.17, 15) is 0 Å². The quantitative estimate of drug-likeness (QED) is 0.623. The van der Waals surface area contributed by atoms with Crippen LogP contribution in [0.2, 0.25) is 10.0 Å². The van der Waals surface area contributed by atoms with Crippen molar-refractivity contribution in [2.24, 2.45) is 5.92 Å². The van der Waals surface area contributed by atoms with E-state index in [2.05, 4.69) is 48.7 Å². The minimum absolute atomic E-state index is 0.294. The Morgan fingerprint density at radius 2 is 1.91 bits per heavy atom. The van der Waals surface area contributed by atoms with E-state index in [-0.39, 0.29) is 0 Å². The Hall–Kier alpha value is -1.44. The lowest BCUT2D eigenvalue weighted by Crippen LogP contribution is -2.29. The van der Waals surface area contributed by atoms with E-state index in [1.807, 2.05) is 12.1 Å². The maximum Gasteiger partial charge on any atom is 0.0553 e. The van der Waals surface area contributed by atoms with Crippen molar-refractivity contribution in [2.45, 2.75) is 31.7 Å². The number of benzene rings is 2. The molecule has 0 spiro atoms. The number of hydrogen-bond donors (Lipinski definition) is 1. The van der Waals surface area contributed by atoms with E-state index < -0.39 is 0 Å². The Kier molecular flexibility index (Phi) is 3.87. The van der Waals surface area contributed by atoms with Gasteiger partial charge in [0, 0.05) is 27.2 Å². The molecule has 0 unspecified atom stereocenters. The van der Waals surface area contributed by atoms with Crippen molar-refractivity contribution in [3.63, 3.8) is 0 Å². The van der Waals surface area contributed by atoms with Gasteiger partial charge in [0.2, 0.25) is 0 Å². The van der Waals surface area contributed by atoms with Crippen molar-refractivity contribution < 1.29 is 0 Å². The molecule has 4 rings (SSSR count). The Morgan fingerprint density at radius 3 is 2.65 bits per heavy atom. The van der Waals surface area contributed by atoms with Gasteiger partial charge in [-0.3, -0.25) is 0 Å². The largest absolute Gasteiger partial charge is 0.378 e. The predicted octanol–water partition coefficient (Wildman–Crippen LogP) is 6.38. The third-order valence-electron chi connectivity index (χ3n) is 5.13. The number of aryl methyl sites for hydroxylation is 1. The van der Waals surface area contributed by atoms with E-state index in [0.29, 0.717) is 22.9 Å². The molecule has 0 fully saturated rings. The molecule has 2 aromatic carbocycles. The number of nitrogens with one attached hydrogen (secondary N) is 1. The average molecular weight is 344 g/mol. The molecule has 1 heterocycles. The molecule has 1 N–H and O–H groups in total. The first kappa shape index (κ1) is 15.1. The van der Waals surface area contributed by atoms with Crippen molar-refractivity contribution in [1.82, 2.24) is 0 Å². The van der Waals surface area contributed by atoms with E-state index in [1.165, 1.54) is 16.7 Å². The van der Waals surface area contributed by atoms with Gasteiger partial charge < -0.3 is 5.32 Å². The van der Waals surface area contributed by atoms with Crippen LogP contribution in [0, 0.1) is 5.92 Å². The summed E-state index contributed by atoms with van der Waals surface area (Å²) in [5, 5.41) is 5.14. The first-order valence-electron chi connectivity index (χ1n) is 8.18. The maximum absolute atomic E-state index is 6.49. The summed E-state index contributed by atoms with van der Waals surface area (Å²) < 4.78 is 0. The predicted molar refractivity (Wildman–Crippen MR) is 98.6 cm³/mol. The SMILES string of the molecule is CCc1ccc([C@@H]2Nc3cc(Cl)cc(Cl)c3[C@H]3C=CC[C@@H]32)cc1. The van der Waals surface area contributed by atoms with Crippen LogP contribution >= 0.6 is 23.2 Å². The summed E-state index contributed by atoms with van der Waals surface area (Å²) in [6.45, 7) is 2.19. The van der Waals surface area contributed by atoms with Crippen molar-refractivity contribution >= 4 is 28.9 Å². The monoisotopic (exact) mass is 343 g/mol. The summed E-state index contributed by atoms with van der Waals surface area (Å²) in [5.41, 5.74) is 4.97. The van der Waals surface area contributed by atoms with Crippen molar-refractivity contribution in [3.8, 4) is 0 Å². The molecular formula is C20H19Cl2N. The first-order chi connectivity index (χ1) is 11.2. The van der Waals surface area contributed by atoms with Gasteiger partial charge in [-0.1, -0.05) is 66.5 Å². The molecular weight excluding hydrogens is 325 g/mol. The number of allylic oxidation sites excluding steroid dienone is 2. The fraction of sp³-hybridized carbons (Fsp3) is 0.300. The molecule has 1 nitrogen and oxygen atoms in total. The normalized spacial score (nSPS) is 24.9. The Balaban J connectivity index is 1.77. The van der Waals surface area contributed by atoms with Crippen molar-refractivity contribution in [2.75, 3.05) is 5.32 Å². The lowest BCUT2D eigenvalue weighted by Gasteiger charge is -2.38. The molecule has 0 saturated carbocycles. The van der Waals surface area contributed by atoms with Gasteiger partial charge in [-0.25, -0.2) is 0 Å². The highest BCUT2D eigenvalue weighted by atomic mass is 35.5. The second kappa shape index (κ2) is 5.89. The zero-order chi connectivity index (χ0) is 16.0. The van der Waals surface area contributed by atoms with Gasteiger partial charge in [-0.05, 0) is 42.0 Å². The third kappa shape index (κ3) is 2.56. The minimum atomic E-state index is 0.294. The number of rotatable bonds is 2. The molecule has 0 aromatic heterocycles. The summed E-state index contributed by atoms with van der Waals surface area (Å²) in [6.07, 6.45) is 6.73. The van der Waals surface area contributed by atoms with Gasteiger partial charge in [-0.15, -0.1) is 0 Å². The molecule has 23 heavy (non-hydrogen) atoms. The van der Waals surface area contributed by atoms with E-state index >= 15 is 0 Å². The van der Waals surface area contributed by atoms with Crippen LogP contribution in [0.4, 0.5) is 5.69 Å². The smallest absolute Gasteiger partial charge is 0.0553 e. The first-order valence-corrected chi connectivity index (χ1v) is 8.94. The van der Waals surface area contributed by atoms with Gasteiger partial charge in [-0.2, -0.15) is 0 Å². The molecule has 1 aliphatic carbocycles. The second-order valence-corrected chi connectivity index (χ2v) is 7.26. The zero-order valence-electron chi connectivity index (χ0n) is 13.0. The summed E-state index contributed by atoms with van der Waals surface area (Å²) in [6, 6.07) is 13.1. The Morgan fingerprint density at radius 1 is 1.13 bits per heavy atom. The van der Waals surface area contributed by atoms with Crippen LogP contribution in [0.3, 0.4) is 0 Å². The number of halogens is 2. The summed E-state index contributed by atoms with van der Waals surface area (Å²) >= 11 is 12.7. The van der Waals surface area contributed by atoms with Crippen molar-refractivity contribution in [3.05, 3.63) is 75.3 Å². The average Bonchev–Trinajstić information content (AvgIpc) is 3.03. The van der Waals surface area contributed by atoms with Crippen LogP contribution in [-0.4, -0.2) is 0 Å². The molecule has 0 saturated heterocycles. The Labute approximate surface area is 147 Å². The van der Waals surface area contributed by atoms with Crippen LogP contribution in [0.5, 0.6) is 0 Å². The van der Waals surface area contributed by atoms with Gasteiger partial charge >= 0.3 is 0 Å². The van der Waals surface area contributed by atoms with Crippen LogP contribution in [0.15, 0.2) is 48.6 Å². The lowest BCUT2D eigenvalue weighted by atomic mass is 9.77. The van der Waals surface area contributed by atoms with Crippen LogP contribution in [0.1, 0.15) is 42.0 Å². The molecule has 118 valence electrons. The van der Waals surface area contributed by atoms with Crippen LogP contribution in [0.25, 0.3) is 0 Å². The molecule has 0 bridgehead atoms. The second-order valence-electron chi connectivity index (χ2n) is 6.42. The lowest BCUT2D eigenvalue weighted by molar-refractivity contribution is 0.425. The van der Waals surface area contributed by atoms with Gasteiger partial charge in [0.1, 0.15) is 0 Å². The summed E-state index contributed by atoms with van der Waals surface area (Å²) in [7, 11) is 0. The van der Waals surface area contributed by atoms with Gasteiger partial charge in [0.15, 0.2) is 0 Å². The maximum atomic E-state index is 6.49. The van der Waals surface area contributed by atoms with Crippen molar-refractivity contribution in [1.29, 1.82) is 0 Å². The van der Waals surface area contributed by atoms with E-state index in [0.717, 1.165) is 23.6 Å². The standard InChI is InChI=1S/C20H19Cl2N/c1-2-12-6-8-13(9-7-12)20-16-5-3-4-15(16)19-17(22)10-14(21)11-18(19)23-20/h3-4,6-11,15-16,20,23H,2,5H2,1H3/t15-,16-,20-/m0/s1. The van der Waals surface area contributed by atoms with Crippen LogP contribution < -0.4 is 5.32 Å². The highest BCUT2D eigenvalue weighted by Gasteiger charge is 2.39. The molecule has 3 atom stereocenters. The fourth-order valence-corrected chi connectivity index (χ4v) is 4.55. The Bertz CT molecular complexity index is 764. The molecule has 0 amide bonds. The van der Waals surface area contributed by atoms with Crippen LogP contribution in [-0.2, 0) is 6.42 Å². The van der Waals surface area contributed by atoms with Gasteiger partial charge in [0.25, 0.3) is 0 Å². The van der Waals surface area contributed by atoms with E-state index in [4.69, 9.17) is 23.2 Å². The molecule has 3 heteroatoms. The highest BCUT2D eigenvalue weighted by Crippen LogP contribution is 2.52.